The summed E-state index contributed by atoms with van der Waals surface area (Å²) in [6.07, 6.45) is -1.24. The lowest BCUT2D eigenvalue weighted by molar-refractivity contribution is 0.0771. The van der Waals surface area contributed by atoms with Gasteiger partial charge < -0.3 is 10.2 Å². The van der Waals surface area contributed by atoms with Crippen molar-refractivity contribution in [1.82, 2.24) is 0 Å². The Hall–Kier alpha value is -1.64. The number of hydrogen-bond acceptors (Lipinski definition) is 2. The molecule has 0 fully saturated rings. The van der Waals surface area contributed by atoms with E-state index >= 15 is 0 Å². The average molecular weight is 226 g/mol. The Morgan fingerprint density at radius 2 is 1.12 bits per heavy atom. The van der Waals surface area contributed by atoms with Crippen LogP contribution in [0.25, 0.3) is 0 Å². The zero-order chi connectivity index (χ0) is 11.8. The van der Waals surface area contributed by atoms with Gasteiger partial charge in [0.05, 0.1) is 12.2 Å². The lowest BCUT2D eigenvalue weighted by Crippen LogP contribution is -2.09. The Morgan fingerprint density at radius 1 is 0.647 bits per heavy atom. The molecule has 0 bridgehead atoms. The molecule has 2 aromatic rings. The van der Waals surface area contributed by atoms with Crippen molar-refractivity contribution < 1.29 is 10.2 Å². The van der Waals surface area contributed by atoms with E-state index in [2.05, 4.69) is 0 Å². The summed E-state index contributed by atoms with van der Waals surface area (Å²) in [5, 5.41) is 20.6. The summed E-state index contributed by atoms with van der Waals surface area (Å²) in [5.41, 5.74) is 2.66. The van der Waals surface area contributed by atoms with Crippen LogP contribution < -0.4 is 0 Å². The van der Waals surface area contributed by atoms with E-state index in [9.17, 15) is 10.2 Å². The van der Waals surface area contributed by atoms with Gasteiger partial charge >= 0.3 is 0 Å². The van der Waals surface area contributed by atoms with E-state index < -0.39 is 12.2 Å². The Kier molecular flexibility index (Phi) is 2.46. The van der Waals surface area contributed by atoms with Crippen molar-refractivity contribution in [3.63, 3.8) is 0 Å². The van der Waals surface area contributed by atoms with Gasteiger partial charge in [0, 0.05) is 5.92 Å². The average Bonchev–Trinajstić information content (AvgIpc) is 2.64. The molecule has 2 N–H and O–H groups in total. The smallest absolute Gasteiger partial charge is 0.0890 e. The Bertz CT molecular complexity index is 492. The number of hydrogen-bond donors (Lipinski definition) is 2. The third-order valence-corrected chi connectivity index (χ3v) is 3.50. The van der Waals surface area contributed by atoms with E-state index in [1.54, 1.807) is 0 Å². The molecule has 0 heterocycles. The maximum atomic E-state index is 10.3. The van der Waals surface area contributed by atoms with Crippen LogP contribution in [-0.4, -0.2) is 10.2 Å². The van der Waals surface area contributed by atoms with Gasteiger partial charge in [-0.2, -0.15) is 0 Å². The molecule has 0 saturated carbocycles. The van der Waals surface area contributed by atoms with Gasteiger partial charge in [0.25, 0.3) is 0 Å². The minimum Gasteiger partial charge on any atom is -0.388 e. The number of aliphatic hydroxyl groups is 2. The van der Waals surface area contributed by atoms with Crippen LogP contribution in [0.5, 0.6) is 0 Å². The third-order valence-electron chi connectivity index (χ3n) is 3.50. The molecular formula is C15H14O2. The summed E-state index contributed by atoms with van der Waals surface area (Å²) in [6, 6.07) is 17.2. The quantitative estimate of drug-likeness (QED) is 0.784. The van der Waals surface area contributed by atoms with Crippen LogP contribution in [0.15, 0.2) is 54.6 Å². The van der Waals surface area contributed by atoms with Gasteiger partial charge in [-0.3, -0.25) is 0 Å². The molecule has 1 aliphatic rings. The molecule has 2 aromatic carbocycles. The number of fused-ring (bicyclic) bond motifs is 1. The van der Waals surface area contributed by atoms with E-state index in [4.69, 9.17) is 0 Å². The second-order valence-electron chi connectivity index (χ2n) is 4.46. The number of aliphatic hydroxyl groups excluding tert-OH is 2. The monoisotopic (exact) mass is 226 g/mol. The largest absolute Gasteiger partial charge is 0.388 e. The van der Waals surface area contributed by atoms with Gasteiger partial charge in [0.2, 0.25) is 0 Å². The van der Waals surface area contributed by atoms with Gasteiger partial charge in [0.1, 0.15) is 0 Å². The van der Waals surface area contributed by atoms with E-state index in [-0.39, 0.29) is 5.92 Å². The van der Waals surface area contributed by atoms with Crippen molar-refractivity contribution in [2.45, 2.75) is 18.1 Å². The van der Waals surface area contributed by atoms with Gasteiger partial charge in [-0.05, 0) is 16.7 Å². The number of benzene rings is 2. The van der Waals surface area contributed by atoms with Crippen LogP contribution >= 0.6 is 0 Å². The lowest BCUT2D eigenvalue weighted by atomic mass is 9.92. The highest BCUT2D eigenvalue weighted by Gasteiger charge is 2.39. The van der Waals surface area contributed by atoms with Crippen molar-refractivity contribution in [2.75, 3.05) is 0 Å². The zero-order valence-electron chi connectivity index (χ0n) is 9.32. The molecule has 86 valence electrons. The Labute approximate surface area is 100 Å². The fourth-order valence-electron chi connectivity index (χ4n) is 2.65. The third kappa shape index (κ3) is 1.57. The lowest BCUT2D eigenvalue weighted by Gasteiger charge is -2.18. The molecule has 17 heavy (non-hydrogen) atoms. The molecule has 0 aliphatic heterocycles. The summed E-state index contributed by atoms with van der Waals surface area (Å²) in [7, 11) is 0. The minimum absolute atomic E-state index is 0.256. The van der Waals surface area contributed by atoms with Crippen LogP contribution in [0.3, 0.4) is 0 Å². The Balaban J connectivity index is 2.06. The summed E-state index contributed by atoms with van der Waals surface area (Å²) in [4.78, 5) is 0. The van der Waals surface area contributed by atoms with Crippen LogP contribution in [0.4, 0.5) is 0 Å². The summed E-state index contributed by atoms with van der Waals surface area (Å²) < 4.78 is 0. The first kappa shape index (κ1) is 10.5. The summed E-state index contributed by atoms with van der Waals surface area (Å²) >= 11 is 0. The summed E-state index contributed by atoms with van der Waals surface area (Å²) in [5.74, 6) is -0.256. The van der Waals surface area contributed by atoms with E-state index in [1.807, 2.05) is 54.6 Å². The normalized spacial score (nSPS) is 26.8. The maximum absolute atomic E-state index is 10.3. The van der Waals surface area contributed by atoms with Gasteiger partial charge in [-0.1, -0.05) is 54.6 Å². The van der Waals surface area contributed by atoms with Gasteiger partial charge in [-0.15, -0.1) is 0 Å². The zero-order valence-corrected chi connectivity index (χ0v) is 9.32. The predicted molar refractivity (Wildman–Crippen MR) is 65.5 cm³/mol. The first-order valence-electron chi connectivity index (χ1n) is 5.79. The highest BCUT2D eigenvalue weighted by molar-refractivity contribution is 5.42. The maximum Gasteiger partial charge on any atom is 0.0890 e. The van der Waals surface area contributed by atoms with Gasteiger partial charge in [0.15, 0.2) is 0 Å². The molecule has 3 atom stereocenters. The SMILES string of the molecule is O[C@@H]1c2ccccc2[C@H](O)C1c1ccccc1. The predicted octanol–water partition coefficient (Wildman–Crippen LogP) is 2.55. The van der Waals surface area contributed by atoms with Crippen LogP contribution in [-0.2, 0) is 0 Å². The highest BCUT2D eigenvalue weighted by atomic mass is 16.3. The van der Waals surface area contributed by atoms with Crippen molar-refractivity contribution in [3.8, 4) is 0 Å². The van der Waals surface area contributed by atoms with E-state index in [1.165, 1.54) is 0 Å². The van der Waals surface area contributed by atoms with Crippen molar-refractivity contribution >= 4 is 0 Å². The first-order valence-corrected chi connectivity index (χ1v) is 5.79. The molecule has 1 aliphatic carbocycles. The molecular weight excluding hydrogens is 212 g/mol. The molecule has 0 saturated heterocycles. The molecule has 3 rings (SSSR count). The van der Waals surface area contributed by atoms with Crippen LogP contribution in [0, 0.1) is 0 Å². The molecule has 1 unspecified atom stereocenters. The highest BCUT2D eigenvalue weighted by Crippen LogP contribution is 2.49. The van der Waals surface area contributed by atoms with Crippen molar-refractivity contribution in [1.29, 1.82) is 0 Å². The van der Waals surface area contributed by atoms with E-state index in [0.29, 0.717) is 0 Å². The fourth-order valence-corrected chi connectivity index (χ4v) is 2.65. The summed E-state index contributed by atoms with van der Waals surface area (Å²) in [6.45, 7) is 0. The molecule has 0 spiro atoms. The first-order chi connectivity index (χ1) is 8.29. The number of rotatable bonds is 1. The van der Waals surface area contributed by atoms with Crippen LogP contribution in [0.2, 0.25) is 0 Å². The van der Waals surface area contributed by atoms with Crippen molar-refractivity contribution in [2.24, 2.45) is 0 Å². The van der Waals surface area contributed by atoms with Crippen LogP contribution in [0.1, 0.15) is 34.8 Å². The molecule has 2 heteroatoms. The molecule has 2 nitrogen and oxygen atoms in total. The Morgan fingerprint density at radius 3 is 1.65 bits per heavy atom. The van der Waals surface area contributed by atoms with E-state index in [0.717, 1.165) is 16.7 Å². The van der Waals surface area contributed by atoms with Crippen molar-refractivity contribution in [3.05, 3.63) is 71.3 Å². The fraction of sp³-hybridized carbons (Fsp3) is 0.200. The topological polar surface area (TPSA) is 40.5 Å². The minimum atomic E-state index is -0.622. The standard InChI is InChI=1S/C15H14O2/c16-14-11-8-4-5-9-12(11)15(17)13(14)10-6-2-1-3-7-10/h1-9,13-17H/t13?,14-,15+. The molecule has 0 amide bonds. The second-order valence-corrected chi connectivity index (χ2v) is 4.46. The molecule has 0 aromatic heterocycles. The molecule has 0 radical (unpaired) electrons. The second kappa shape index (κ2) is 3.99. The van der Waals surface area contributed by atoms with Gasteiger partial charge in [-0.25, -0.2) is 0 Å².